The molecule has 0 fully saturated rings. The van der Waals surface area contributed by atoms with E-state index in [1.807, 2.05) is 24.4 Å². The highest BCUT2D eigenvalue weighted by atomic mass is 32.2. The summed E-state index contributed by atoms with van der Waals surface area (Å²) in [5.74, 6) is 0. The molecule has 6 heteroatoms. The van der Waals surface area contributed by atoms with E-state index in [1.165, 1.54) is 11.3 Å². The molecule has 2 rings (SSSR count). The van der Waals surface area contributed by atoms with E-state index in [4.69, 9.17) is 0 Å². The number of anilines is 1. The third kappa shape index (κ3) is 3.59. The maximum atomic E-state index is 12.2. The molecule has 0 saturated carbocycles. The first-order valence-electron chi connectivity index (χ1n) is 6.41. The van der Waals surface area contributed by atoms with Crippen LogP contribution in [0.15, 0.2) is 46.0 Å². The zero-order valence-corrected chi connectivity index (χ0v) is 13.1. The van der Waals surface area contributed by atoms with Gasteiger partial charge in [0, 0.05) is 11.4 Å². The Morgan fingerprint density at radius 3 is 2.45 bits per heavy atom. The molecule has 0 spiro atoms. The van der Waals surface area contributed by atoms with Crippen molar-refractivity contribution < 1.29 is 8.42 Å². The molecule has 0 saturated heterocycles. The Kier molecular flexibility index (Phi) is 4.80. The van der Waals surface area contributed by atoms with Crippen molar-refractivity contribution in [3.63, 3.8) is 0 Å². The van der Waals surface area contributed by atoms with Crippen LogP contribution in [0.1, 0.15) is 25.5 Å². The Bertz CT molecular complexity index is 634. The normalized spacial score (nSPS) is 13.1. The van der Waals surface area contributed by atoms with Gasteiger partial charge >= 0.3 is 0 Å². The standard InChI is InChI=1S/C14H18N2O2S2/c1-3-15-11(2)12-4-6-14(7-5-12)20(17,18)16-13-8-9-19-10-13/h4-11,15-16H,3H2,1-2H3. The molecule has 20 heavy (non-hydrogen) atoms. The quantitative estimate of drug-likeness (QED) is 0.861. The first-order chi connectivity index (χ1) is 9.53. The lowest BCUT2D eigenvalue weighted by molar-refractivity contribution is 0.594. The molecule has 1 unspecified atom stereocenters. The van der Waals surface area contributed by atoms with Crippen LogP contribution < -0.4 is 10.0 Å². The van der Waals surface area contributed by atoms with Gasteiger partial charge in [0.05, 0.1) is 10.6 Å². The van der Waals surface area contributed by atoms with Crippen LogP contribution in [0.4, 0.5) is 5.69 Å². The fourth-order valence-electron chi connectivity index (χ4n) is 1.90. The summed E-state index contributed by atoms with van der Waals surface area (Å²) in [5, 5.41) is 6.89. The largest absolute Gasteiger partial charge is 0.310 e. The van der Waals surface area contributed by atoms with E-state index in [9.17, 15) is 8.42 Å². The summed E-state index contributed by atoms with van der Waals surface area (Å²) in [4.78, 5) is 0.274. The maximum Gasteiger partial charge on any atom is 0.261 e. The van der Waals surface area contributed by atoms with Crippen LogP contribution in [-0.2, 0) is 10.0 Å². The Morgan fingerprint density at radius 1 is 1.20 bits per heavy atom. The van der Waals surface area contributed by atoms with Gasteiger partial charge in [-0.25, -0.2) is 8.42 Å². The number of benzene rings is 1. The maximum absolute atomic E-state index is 12.2. The molecule has 1 atom stereocenters. The number of hydrogen-bond donors (Lipinski definition) is 2. The number of hydrogen-bond acceptors (Lipinski definition) is 4. The van der Waals surface area contributed by atoms with Crippen molar-refractivity contribution in [3.05, 3.63) is 46.7 Å². The average Bonchev–Trinajstić information content (AvgIpc) is 2.91. The monoisotopic (exact) mass is 310 g/mol. The van der Waals surface area contributed by atoms with Gasteiger partial charge in [-0.05, 0) is 42.6 Å². The molecule has 1 heterocycles. The van der Waals surface area contributed by atoms with Crippen molar-refractivity contribution in [2.45, 2.75) is 24.8 Å². The Morgan fingerprint density at radius 2 is 1.90 bits per heavy atom. The van der Waals surface area contributed by atoms with Crippen molar-refractivity contribution in [2.75, 3.05) is 11.3 Å². The predicted octanol–water partition coefficient (Wildman–Crippen LogP) is 3.22. The first-order valence-corrected chi connectivity index (χ1v) is 8.84. The van der Waals surface area contributed by atoms with E-state index >= 15 is 0 Å². The minimum absolute atomic E-state index is 0.210. The third-order valence-electron chi connectivity index (χ3n) is 2.97. The average molecular weight is 310 g/mol. The van der Waals surface area contributed by atoms with Crippen molar-refractivity contribution in [1.82, 2.24) is 5.32 Å². The van der Waals surface area contributed by atoms with Crippen LogP contribution in [-0.4, -0.2) is 15.0 Å². The molecule has 2 N–H and O–H groups in total. The molecule has 0 radical (unpaired) electrons. The van der Waals surface area contributed by atoms with Gasteiger partial charge in [-0.15, -0.1) is 0 Å². The number of sulfonamides is 1. The van der Waals surface area contributed by atoms with Crippen LogP contribution in [0.3, 0.4) is 0 Å². The lowest BCUT2D eigenvalue weighted by atomic mass is 10.1. The van der Waals surface area contributed by atoms with Crippen LogP contribution in [0.2, 0.25) is 0 Å². The zero-order chi connectivity index (χ0) is 14.6. The SMILES string of the molecule is CCNC(C)c1ccc(S(=O)(=O)Nc2ccsc2)cc1. The summed E-state index contributed by atoms with van der Waals surface area (Å²) in [6.45, 7) is 4.97. The molecule has 0 aliphatic rings. The Labute approximate surface area is 123 Å². The fourth-order valence-corrected chi connectivity index (χ4v) is 3.61. The van der Waals surface area contributed by atoms with Gasteiger partial charge in [0.15, 0.2) is 0 Å². The molecule has 1 aromatic carbocycles. The topological polar surface area (TPSA) is 58.2 Å². The minimum atomic E-state index is -3.50. The Hall–Kier alpha value is -1.37. The predicted molar refractivity (Wildman–Crippen MR) is 83.7 cm³/mol. The van der Waals surface area contributed by atoms with Gasteiger partial charge < -0.3 is 5.32 Å². The van der Waals surface area contributed by atoms with E-state index in [0.29, 0.717) is 5.69 Å². The second-order valence-corrected chi connectivity index (χ2v) is 6.93. The molecule has 4 nitrogen and oxygen atoms in total. The van der Waals surface area contributed by atoms with Crippen LogP contribution in [0, 0.1) is 0 Å². The van der Waals surface area contributed by atoms with E-state index in [1.54, 1.807) is 23.6 Å². The smallest absolute Gasteiger partial charge is 0.261 e. The van der Waals surface area contributed by atoms with Gasteiger partial charge in [-0.3, -0.25) is 4.72 Å². The van der Waals surface area contributed by atoms with Gasteiger partial charge in [0.25, 0.3) is 10.0 Å². The van der Waals surface area contributed by atoms with Gasteiger partial charge in [-0.2, -0.15) is 11.3 Å². The zero-order valence-electron chi connectivity index (χ0n) is 11.5. The highest BCUT2D eigenvalue weighted by Crippen LogP contribution is 2.20. The van der Waals surface area contributed by atoms with Crippen molar-refractivity contribution in [1.29, 1.82) is 0 Å². The summed E-state index contributed by atoms with van der Waals surface area (Å²) in [6.07, 6.45) is 0. The molecule has 108 valence electrons. The fraction of sp³-hybridized carbons (Fsp3) is 0.286. The van der Waals surface area contributed by atoms with Crippen LogP contribution >= 0.6 is 11.3 Å². The summed E-state index contributed by atoms with van der Waals surface area (Å²) >= 11 is 1.45. The van der Waals surface area contributed by atoms with E-state index in [2.05, 4.69) is 17.0 Å². The second-order valence-electron chi connectivity index (χ2n) is 4.47. The Balaban J connectivity index is 2.16. The van der Waals surface area contributed by atoms with Crippen molar-refractivity contribution in [3.8, 4) is 0 Å². The molecule has 1 aromatic heterocycles. The van der Waals surface area contributed by atoms with E-state index in [0.717, 1.165) is 12.1 Å². The van der Waals surface area contributed by atoms with Gasteiger partial charge in [0.2, 0.25) is 0 Å². The lowest BCUT2D eigenvalue weighted by Crippen LogP contribution is -2.18. The summed E-state index contributed by atoms with van der Waals surface area (Å²) < 4.78 is 26.9. The third-order valence-corrected chi connectivity index (χ3v) is 5.05. The highest BCUT2D eigenvalue weighted by molar-refractivity contribution is 7.92. The molecule has 0 aliphatic heterocycles. The van der Waals surface area contributed by atoms with Gasteiger partial charge in [0.1, 0.15) is 0 Å². The highest BCUT2D eigenvalue weighted by Gasteiger charge is 2.14. The van der Waals surface area contributed by atoms with Crippen LogP contribution in [0.25, 0.3) is 0 Å². The molecule has 0 bridgehead atoms. The second kappa shape index (κ2) is 6.39. The molecule has 2 aromatic rings. The summed E-state index contributed by atoms with van der Waals surface area (Å²) in [5.41, 5.74) is 1.67. The lowest BCUT2D eigenvalue weighted by Gasteiger charge is -2.13. The van der Waals surface area contributed by atoms with Crippen molar-refractivity contribution in [2.24, 2.45) is 0 Å². The number of nitrogens with one attached hydrogen (secondary N) is 2. The van der Waals surface area contributed by atoms with Gasteiger partial charge in [-0.1, -0.05) is 19.1 Å². The summed E-state index contributed by atoms with van der Waals surface area (Å²) in [7, 11) is -3.50. The summed E-state index contributed by atoms with van der Waals surface area (Å²) in [6, 6.07) is 8.91. The molecule has 0 amide bonds. The number of rotatable bonds is 6. The minimum Gasteiger partial charge on any atom is -0.310 e. The molecular formula is C14H18N2O2S2. The molecular weight excluding hydrogens is 292 g/mol. The van der Waals surface area contributed by atoms with Crippen molar-refractivity contribution >= 4 is 27.0 Å². The molecule has 0 aliphatic carbocycles. The van der Waals surface area contributed by atoms with Crippen LogP contribution in [0.5, 0.6) is 0 Å². The number of thiophene rings is 1. The first kappa shape index (κ1) is 15.0. The van der Waals surface area contributed by atoms with E-state index < -0.39 is 10.0 Å². The van der Waals surface area contributed by atoms with E-state index in [-0.39, 0.29) is 10.9 Å².